The van der Waals surface area contributed by atoms with Gasteiger partial charge in [-0.3, -0.25) is 10.1 Å². The summed E-state index contributed by atoms with van der Waals surface area (Å²) in [6.07, 6.45) is 3.60. The molecule has 1 aliphatic heterocycles. The van der Waals surface area contributed by atoms with E-state index in [1.54, 1.807) is 12.3 Å². The lowest BCUT2D eigenvalue weighted by atomic mass is 9.90. The second-order valence-corrected chi connectivity index (χ2v) is 5.41. The number of pyridine rings is 1. The Morgan fingerprint density at radius 1 is 1.47 bits per heavy atom. The van der Waals surface area contributed by atoms with Gasteiger partial charge in [0.2, 0.25) is 5.82 Å². The molecule has 2 heterocycles. The second kappa shape index (κ2) is 5.13. The van der Waals surface area contributed by atoms with E-state index in [1.165, 1.54) is 0 Å². The molecule has 6 nitrogen and oxygen atoms in total. The molecule has 0 amide bonds. The average molecular weight is 264 g/mol. The van der Waals surface area contributed by atoms with Crippen molar-refractivity contribution in [3.63, 3.8) is 0 Å². The van der Waals surface area contributed by atoms with Crippen molar-refractivity contribution in [1.82, 2.24) is 10.3 Å². The summed E-state index contributed by atoms with van der Waals surface area (Å²) in [5, 5.41) is 14.4. The maximum Gasteiger partial charge on any atom is 0.311 e. The number of rotatable bonds is 3. The first kappa shape index (κ1) is 13.7. The molecule has 0 aromatic carbocycles. The Kier molecular flexibility index (Phi) is 3.71. The standard InChI is InChI=1S/C13H20N4O2/c1-10-8-11(17(18)19)12(15-9-10)16-6-4-13(2,14-3)5-7-16/h8-9,14H,4-7H2,1-3H3. The molecular weight excluding hydrogens is 244 g/mol. The molecule has 1 aromatic rings. The lowest BCUT2D eigenvalue weighted by Gasteiger charge is -2.39. The highest BCUT2D eigenvalue weighted by Crippen LogP contribution is 2.31. The topological polar surface area (TPSA) is 71.3 Å². The predicted molar refractivity (Wildman–Crippen MR) is 74.5 cm³/mol. The van der Waals surface area contributed by atoms with Crippen LogP contribution in [0.1, 0.15) is 25.3 Å². The van der Waals surface area contributed by atoms with Gasteiger partial charge < -0.3 is 10.2 Å². The zero-order valence-electron chi connectivity index (χ0n) is 11.6. The van der Waals surface area contributed by atoms with Gasteiger partial charge >= 0.3 is 5.69 Å². The van der Waals surface area contributed by atoms with Crippen molar-refractivity contribution in [3.8, 4) is 0 Å². The van der Waals surface area contributed by atoms with E-state index in [0.29, 0.717) is 5.82 Å². The maximum absolute atomic E-state index is 11.1. The number of nitrogens with one attached hydrogen (secondary N) is 1. The Morgan fingerprint density at radius 2 is 2.11 bits per heavy atom. The molecule has 1 N–H and O–H groups in total. The summed E-state index contributed by atoms with van der Waals surface area (Å²) in [5.41, 5.74) is 1.04. The van der Waals surface area contributed by atoms with Crippen LogP contribution in [0.4, 0.5) is 11.5 Å². The third-order valence-electron chi connectivity index (χ3n) is 3.95. The number of aromatic nitrogens is 1. The van der Waals surface area contributed by atoms with Crippen LogP contribution in [0.25, 0.3) is 0 Å². The molecule has 1 saturated heterocycles. The summed E-state index contributed by atoms with van der Waals surface area (Å²) in [7, 11) is 1.96. The minimum Gasteiger partial charge on any atom is -0.351 e. The first-order valence-corrected chi connectivity index (χ1v) is 6.50. The number of aryl methyl sites for hydroxylation is 1. The van der Waals surface area contributed by atoms with Crippen LogP contribution in [0, 0.1) is 17.0 Å². The zero-order valence-corrected chi connectivity index (χ0v) is 11.6. The summed E-state index contributed by atoms with van der Waals surface area (Å²) in [4.78, 5) is 17.1. The lowest BCUT2D eigenvalue weighted by molar-refractivity contribution is -0.384. The molecule has 0 spiro atoms. The molecule has 2 rings (SSSR count). The van der Waals surface area contributed by atoms with Crippen LogP contribution in [0.5, 0.6) is 0 Å². The molecule has 6 heteroatoms. The fourth-order valence-corrected chi connectivity index (χ4v) is 2.39. The van der Waals surface area contributed by atoms with E-state index in [2.05, 4.69) is 17.2 Å². The first-order chi connectivity index (χ1) is 8.95. The van der Waals surface area contributed by atoms with Crippen LogP contribution in [-0.4, -0.2) is 35.6 Å². The molecule has 19 heavy (non-hydrogen) atoms. The average Bonchev–Trinajstić information content (AvgIpc) is 2.40. The summed E-state index contributed by atoms with van der Waals surface area (Å²) in [6, 6.07) is 1.59. The van der Waals surface area contributed by atoms with Crippen molar-refractivity contribution < 1.29 is 4.92 Å². The van der Waals surface area contributed by atoms with Crippen molar-refractivity contribution in [3.05, 3.63) is 27.9 Å². The van der Waals surface area contributed by atoms with Gasteiger partial charge in [-0.1, -0.05) is 0 Å². The Labute approximate surface area is 113 Å². The molecule has 1 aliphatic rings. The summed E-state index contributed by atoms with van der Waals surface area (Å²) in [5.74, 6) is 0.494. The van der Waals surface area contributed by atoms with Crippen molar-refractivity contribution in [2.45, 2.75) is 32.2 Å². The van der Waals surface area contributed by atoms with Gasteiger partial charge in [-0.2, -0.15) is 0 Å². The SMILES string of the molecule is CNC1(C)CCN(c2ncc(C)cc2[N+](=O)[O-])CC1. The monoisotopic (exact) mass is 264 g/mol. The van der Waals surface area contributed by atoms with Gasteiger partial charge in [0, 0.05) is 30.9 Å². The summed E-state index contributed by atoms with van der Waals surface area (Å²) >= 11 is 0. The van der Waals surface area contributed by atoms with Crippen LogP contribution in [0.3, 0.4) is 0 Å². The number of hydrogen-bond acceptors (Lipinski definition) is 5. The molecular formula is C13H20N4O2. The number of hydrogen-bond donors (Lipinski definition) is 1. The molecule has 0 unspecified atom stereocenters. The van der Waals surface area contributed by atoms with Crippen LogP contribution in [0.2, 0.25) is 0 Å². The van der Waals surface area contributed by atoms with E-state index in [-0.39, 0.29) is 16.1 Å². The summed E-state index contributed by atoms with van der Waals surface area (Å²) < 4.78 is 0. The van der Waals surface area contributed by atoms with Crippen LogP contribution < -0.4 is 10.2 Å². The Morgan fingerprint density at radius 3 is 2.63 bits per heavy atom. The Bertz CT molecular complexity index is 482. The number of nitrogens with zero attached hydrogens (tertiary/aromatic N) is 3. The van der Waals surface area contributed by atoms with E-state index in [1.807, 2.05) is 18.9 Å². The zero-order chi connectivity index (χ0) is 14.0. The quantitative estimate of drug-likeness (QED) is 0.666. The molecule has 0 aliphatic carbocycles. The van der Waals surface area contributed by atoms with Crippen molar-refractivity contribution in [2.24, 2.45) is 0 Å². The van der Waals surface area contributed by atoms with E-state index in [0.717, 1.165) is 31.5 Å². The van der Waals surface area contributed by atoms with Crippen molar-refractivity contribution >= 4 is 11.5 Å². The third-order valence-corrected chi connectivity index (χ3v) is 3.95. The van der Waals surface area contributed by atoms with Gasteiger partial charge in [0.05, 0.1) is 4.92 Å². The molecule has 0 radical (unpaired) electrons. The van der Waals surface area contributed by atoms with Crippen LogP contribution >= 0.6 is 0 Å². The van der Waals surface area contributed by atoms with E-state index in [9.17, 15) is 10.1 Å². The van der Waals surface area contributed by atoms with Crippen LogP contribution in [0.15, 0.2) is 12.3 Å². The highest BCUT2D eigenvalue weighted by Gasteiger charge is 2.31. The van der Waals surface area contributed by atoms with E-state index < -0.39 is 0 Å². The fraction of sp³-hybridized carbons (Fsp3) is 0.615. The fourth-order valence-electron chi connectivity index (χ4n) is 2.39. The second-order valence-electron chi connectivity index (χ2n) is 5.41. The lowest BCUT2D eigenvalue weighted by Crippen LogP contribution is -2.50. The normalized spacial score (nSPS) is 18.4. The van der Waals surface area contributed by atoms with E-state index >= 15 is 0 Å². The number of nitro groups is 1. The first-order valence-electron chi connectivity index (χ1n) is 6.50. The third kappa shape index (κ3) is 2.84. The van der Waals surface area contributed by atoms with Gasteiger partial charge in [-0.05, 0) is 39.3 Å². The molecule has 1 aromatic heterocycles. The molecule has 0 bridgehead atoms. The summed E-state index contributed by atoms with van der Waals surface area (Å²) in [6.45, 7) is 5.57. The van der Waals surface area contributed by atoms with Crippen molar-refractivity contribution in [2.75, 3.05) is 25.0 Å². The van der Waals surface area contributed by atoms with Gasteiger partial charge in [-0.15, -0.1) is 0 Å². The highest BCUT2D eigenvalue weighted by atomic mass is 16.6. The molecule has 0 atom stereocenters. The van der Waals surface area contributed by atoms with Gasteiger partial charge in [0.1, 0.15) is 0 Å². The van der Waals surface area contributed by atoms with Gasteiger partial charge in [0.25, 0.3) is 0 Å². The molecule has 1 fully saturated rings. The Balaban J connectivity index is 2.22. The molecule has 104 valence electrons. The highest BCUT2D eigenvalue weighted by molar-refractivity contribution is 5.58. The smallest absolute Gasteiger partial charge is 0.311 e. The Hall–Kier alpha value is -1.69. The number of piperidine rings is 1. The van der Waals surface area contributed by atoms with Crippen molar-refractivity contribution in [1.29, 1.82) is 0 Å². The van der Waals surface area contributed by atoms with Gasteiger partial charge in [0.15, 0.2) is 0 Å². The minimum absolute atomic E-state index is 0.105. The maximum atomic E-state index is 11.1. The minimum atomic E-state index is -0.346. The molecule has 0 saturated carbocycles. The predicted octanol–water partition coefficient (Wildman–Crippen LogP) is 1.88. The largest absolute Gasteiger partial charge is 0.351 e. The number of anilines is 1. The van der Waals surface area contributed by atoms with Gasteiger partial charge in [-0.25, -0.2) is 4.98 Å². The van der Waals surface area contributed by atoms with E-state index in [4.69, 9.17) is 0 Å². The van der Waals surface area contributed by atoms with Crippen LogP contribution in [-0.2, 0) is 0 Å².